The molecule has 3 aromatic carbocycles. The van der Waals surface area contributed by atoms with E-state index in [1.54, 1.807) is 31.4 Å². The van der Waals surface area contributed by atoms with Crippen LogP contribution in [0.4, 0.5) is 5.69 Å². The van der Waals surface area contributed by atoms with Crippen LogP contribution in [0.1, 0.15) is 21.5 Å². The maximum atomic E-state index is 12.3. The molecule has 3 aromatic rings. The van der Waals surface area contributed by atoms with Crippen LogP contribution in [0.2, 0.25) is 0 Å². The first-order chi connectivity index (χ1) is 14.1. The molecule has 0 bridgehead atoms. The molecule has 1 amide bonds. The van der Waals surface area contributed by atoms with Crippen molar-refractivity contribution in [2.24, 2.45) is 0 Å². The van der Waals surface area contributed by atoms with Gasteiger partial charge in [0.05, 0.1) is 7.11 Å². The number of benzene rings is 3. The van der Waals surface area contributed by atoms with E-state index < -0.39 is 0 Å². The smallest absolute Gasteiger partial charge is 0.256 e. The number of carbonyl (C=O) groups excluding carboxylic acids is 2. The summed E-state index contributed by atoms with van der Waals surface area (Å²) in [4.78, 5) is 24.5. The third kappa shape index (κ3) is 4.04. The molecule has 0 aromatic heterocycles. The summed E-state index contributed by atoms with van der Waals surface area (Å²) in [6.07, 6.45) is 1.82. The lowest BCUT2D eigenvalue weighted by atomic mass is 10.0. The molecule has 0 radical (unpaired) electrons. The van der Waals surface area contributed by atoms with Crippen LogP contribution >= 0.6 is 0 Å². The summed E-state index contributed by atoms with van der Waals surface area (Å²) in [5, 5.41) is 2.85. The molecule has 0 fully saturated rings. The normalized spacial score (nSPS) is 13.7. The number of anilines is 1. The maximum absolute atomic E-state index is 12.3. The molecule has 0 unspecified atom stereocenters. The van der Waals surface area contributed by atoms with Crippen molar-refractivity contribution in [2.75, 3.05) is 19.0 Å². The fourth-order valence-electron chi connectivity index (χ4n) is 3.12. The van der Waals surface area contributed by atoms with Crippen LogP contribution in [0.15, 0.2) is 72.8 Å². The van der Waals surface area contributed by atoms with Gasteiger partial charge in [0.2, 0.25) is 0 Å². The predicted octanol–water partition coefficient (Wildman–Crippen LogP) is 4.45. The fourth-order valence-corrected chi connectivity index (χ4v) is 3.12. The molecule has 0 aliphatic carbocycles. The first kappa shape index (κ1) is 18.5. The Labute approximate surface area is 168 Å². The first-order valence-corrected chi connectivity index (χ1v) is 9.16. The number of methoxy groups -OCH3 is 1. The van der Waals surface area contributed by atoms with E-state index in [2.05, 4.69) is 5.32 Å². The first-order valence-electron chi connectivity index (χ1n) is 9.16. The maximum Gasteiger partial charge on any atom is 0.256 e. The topological polar surface area (TPSA) is 64.6 Å². The molecule has 0 saturated carbocycles. The number of rotatable bonds is 6. The lowest BCUT2D eigenvalue weighted by Crippen LogP contribution is -2.11. The zero-order chi connectivity index (χ0) is 20.2. The van der Waals surface area contributed by atoms with E-state index in [1.165, 1.54) is 0 Å². The number of amides is 1. The van der Waals surface area contributed by atoms with Crippen molar-refractivity contribution in [2.45, 2.75) is 0 Å². The van der Waals surface area contributed by atoms with Gasteiger partial charge in [0.25, 0.3) is 5.91 Å². The minimum absolute atomic E-state index is 0.0278. The molecule has 0 spiro atoms. The van der Waals surface area contributed by atoms with E-state index in [0.29, 0.717) is 22.6 Å². The lowest BCUT2D eigenvalue weighted by molar-refractivity contribution is -0.110. The van der Waals surface area contributed by atoms with E-state index in [0.717, 1.165) is 16.8 Å². The van der Waals surface area contributed by atoms with Crippen LogP contribution in [0.25, 0.3) is 11.6 Å². The summed E-state index contributed by atoms with van der Waals surface area (Å²) in [5.74, 6) is 1.05. The second kappa shape index (κ2) is 8.02. The number of ether oxygens (including phenoxy) is 2. The molecule has 4 rings (SSSR count). The highest BCUT2D eigenvalue weighted by molar-refractivity contribution is 6.35. The summed E-state index contributed by atoms with van der Waals surface area (Å²) >= 11 is 0. The minimum atomic E-state index is -0.151. The highest BCUT2D eigenvalue weighted by Crippen LogP contribution is 2.35. The van der Waals surface area contributed by atoms with E-state index in [4.69, 9.17) is 9.47 Å². The van der Waals surface area contributed by atoms with Crippen molar-refractivity contribution < 1.29 is 19.1 Å². The fraction of sp³-hybridized carbons (Fsp3) is 0.0833. The van der Waals surface area contributed by atoms with Gasteiger partial charge in [-0.1, -0.05) is 42.5 Å². The van der Waals surface area contributed by atoms with Crippen molar-refractivity contribution >= 4 is 29.0 Å². The van der Waals surface area contributed by atoms with E-state index >= 15 is 0 Å². The van der Waals surface area contributed by atoms with Crippen LogP contribution in [-0.4, -0.2) is 25.4 Å². The number of nitrogens with one attached hydrogen (secondary N) is 1. The highest BCUT2D eigenvalue weighted by atomic mass is 16.5. The number of ketones is 1. The van der Waals surface area contributed by atoms with Crippen LogP contribution in [-0.2, 0) is 4.79 Å². The predicted molar refractivity (Wildman–Crippen MR) is 112 cm³/mol. The number of Topliss-reactive ketones (excluding diaryl/α,β-unsaturated/α-hetero) is 1. The molecule has 1 N–H and O–H groups in total. The van der Waals surface area contributed by atoms with Gasteiger partial charge >= 0.3 is 0 Å². The molecule has 5 nitrogen and oxygen atoms in total. The summed E-state index contributed by atoms with van der Waals surface area (Å²) < 4.78 is 10.8. The Hall–Kier alpha value is -3.86. The van der Waals surface area contributed by atoms with E-state index in [9.17, 15) is 9.59 Å². The zero-order valence-corrected chi connectivity index (χ0v) is 15.8. The number of hydrogen-bond acceptors (Lipinski definition) is 4. The van der Waals surface area contributed by atoms with Crippen LogP contribution in [0, 0.1) is 0 Å². The zero-order valence-electron chi connectivity index (χ0n) is 15.8. The van der Waals surface area contributed by atoms with Gasteiger partial charge in [-0.2, -0.15) is 0 Å². The molecular weight excluding hydrogens is 366 g/mol. The highest BCUT2D eigenvalue weighted by Gasteiger charge is 2.24. The molecule has 1 heterocycles. The Kier molecular flexibility index (Phi) is 5.12. The Bertz CT molecular complexity index is 1090. The molecule has 144 valence electrons. The summed E-state index contributed by atoms with van der Waals surface area (Å²) in [7, 11) is 1.59. The van der Waals surface area contributed by atoms with Gasteiger partial charge in [0, 0.05) is 22.4 Å². The molecular formula is C24H19NO4. The summed E-state index contributed by atoms with van der Waals surface area (Å²) in [6.45, 7) is -0.0278. The Morgan fingerprint density at radius 1 is 0.966 bits per heavy atom. The summed E-state index contributed by atoms with van der Waals surface area (Å²) in [5.41, 5.74) is 3.62. The van der Waals surface area contributed by atoms with Gasteiger partial charge in [0.1, 0.15) is 11.5 Å². The molecule has 0 atom stereocenters. The number of fused-ring (bicyclic) bond motifs is 1. The number of hydrogen-bond donors (Lipinski definition) is 1. The minimum Gasteiger partial charge on any atom is -0.497 e. The van der Waals surface area contributed by atoms with Crippen LogP contribution in [0.3, 0.4) is 0 Å². The average molecular weight is 385 g/mol. The van der Waals surface area contributed by atoms with Crippen molar-refractivity contribution in [1.29, 1.82) is 0 Å². The van der Waals surface area contributed by atoms with Crippen molar-refractivity contribution in [3.8, 4) is 11.5 Å². The molecule has 5 heteroatoms. The molecule has 0 saturated heterocycles. The van der Waals surface area contributed by atoms with Gasteiger partial charge in [-0.25, -0.2) is 0 Å². The third-order valence-corrected chi connectivity index (χ3v) is 4.67. The monoisotopic (exact) mass is 385 g/mol. The Balaban J connectivity index is 1.48. The largest absolute Gasteiger partial charge is 0.497 e. The van der Waals surface area contributed by atoms with Gasteiger partial charge < -0.3 is 14.8 Å². The molecule has 1 aliphatic heterocycles. The van der Waals surface area contributed by atoms with E-state index in [-0.39, 0.29) is 18.3 Å². The third-order valence-electron chi connectivity index (χ3n) is 4.67. The van der Waals surface area contributed by atoms with Crippen molar-refractivity contribution in [3.05, 3.63) is 89.5 Å². The quantitative estimate of drug-likeness (QED) is 0.503. The SMILES string of the molecule is COc1ccc2c(c1)/C(=C/c1ccc(OCC(=O)c3ccccc3)cc1)C(=O)N2. The van der Waals surface area contributed by atoms with Crippen LogP contribution < -0.4 is 14.8 Å². The molecule has 1 aliphatic rings. The van der Waals surface area contributed by atoms with Gasteiger partial charge in [-0.3, -0.25) is 9.59 Å². The van der Waals surface area contributed by atoms with E-state index in [1.807, 2.05) is 54.6 Å². The standard InChI is InChI=1S/C24H19NO4/c1-28-19-11-12-22-20(14-19)21(24(27)25-22)13-16-7-9-18(10-8-16)29-15-23(26)17-5-3-2-4-6-17/h2-14H,15H2,1H3,(H,25,27)/b21-13-. The van der Waals surface area contributed by atoms with Crippen molar-refractivity contribution in [1.82, 2.24) is 0 Å². The van der Waals surface area contributed by atoms with Gasteiger partial charge in [-0.05, 0) is 42.0 Å². The van der Waals surface area contributed by atoms with Gasteiger partial charge in [-0.15, -0.1) is 0 Å². The Morgan fingerprint density at radius 2 is 1.69 bits per heavy atom. The van der Waals surface area contributed by atoms with Gasteiger partial charge in [0.15, 0.2) is 12.4 Å². The average Bonchev–Trinajstić information content (AvgIpc) is 3.07. The Morgan fingerprint density at radius 3 is 2.41 bits per heavy atom. The lowest BCUT2D eigenvalue weighted by Gasteiger charge is -2.06. The van der Waals surface area contributed by atoms with Crippen molar-refractivity contribution in [3.63, 3.8) is 0 Å². The molecule has 29 heavy (non-hydrogen) atoms. The number of carbonyl (C=O) groups is 2. The summed E-state index contributed by atoms with van der Waals surface area (Å²) in [6, 6.07) is 21.8. The van der Waals surface area contributed by atoms with Crippen LogP contribution in [0.5, 0.6) is 11.5 Å². The second-order valence-corrected chi connectivity index (χ2v) is 6.57. The second-order valence-electron chi connectivity index (χ2n) is 6.57.